The minimum absolute atomic E-state index is 0.347. The Morgan fingerprint density at radius 2 is 1.90 bits per heavy atom. The highest BCUT2D eigenvalue weighted by atomic mass is 16.3. The molecule has 2 heterocycles. The second kappa shape index (κ2) is 5.01. The van der Waals surface area contributed by atoms with Gasteiger partial charge in [0.25, 0.3) is 0 Å². The highest BCUT2D eigenvalue weighted by Crippen LogP contribution is 2.32. The molecule has 0 fully saturated rings. The second-order valence-corrected chi connectivity index (χ2v) is 5.68. The van der Waals surface area contributed by atoms with Gasteiger partial charge in [-0.3, -0.25) is 0 Å². The minimum Gasteiger partial charge on any atom is -0.388 e. The molecule has 0 aliphatic carbocycles. The fourth-order valence-electron chi connectivity index (χ4n) is 3.27. The van der Waals surface area contributed by atoms with Crippen LogP contribution in [0.2, 0.25) is 0 Å². The van der Waals surface area contributed by atoms with Gasteiger partial charge in [-0.05, 0) is 24.5 Å². The van der Waals surface area contributed by atoms with Gasteiger partial charge in [0.05, 0.1) is 17.1 Å². The average molecular weight is 278 g/mol. The predicted molar refractivity (Wildman–Crippen MR) is 83.2 cm³/mol. The van der Waals surface area contributed by atoms with Gasteiger partial charge in [0.15, 0.2) is 0 Å². The molecule has 3 heteroatoms. The van der Waals surface area contributed by atoms with E-state index >= 15 is 0 Å². The van der Waals surface area contributed by atoms with Gasteiger partial charge in [-0.2, -0.15) is 0 Å². The molecule has 0 amide bonds. The van der Waals surface area contributed by atoms with Crippen molar-refractivity contribution in [3.05, 3.63) is 65.5 Å². The molecule has 1 aliphatic rings. The molecule has 1 atom stereocenters. The topological polar surface area (TPSA) is 38.0 Å². The quantitative estimate of drug-likeness (QED) is 0.798. The Morgan fingerprint density at radius 1 is 1.05 bits per heavy atom. The van der Waals surface area contributed by atoms with Crippen molar-refractivity contribution in [2.45, 2.75) is 31.9 Å². The number of para-hydroxylation sites is 1. The van der Waals surface area contributed by atoms with Crippen LogP contribution in [0.15, 0.2) is 48.5 Å². The molecule has 4 rings (SSSR count). The lowest BCUT2D eigenvalue weighted by atomic mass is 10.0. The van der Waals surface area contributed by atoms with Gasteiger partial charge in [-0.1, -0.05) is 42.5 Å². The normalized spacial score (nSPS) is 17.3. The zero-order valence-corrected chi connectivity index (χ0v) is 11.9. The van der Waals surface area contributed by atoms with E-state index in [1.54, 1.807) is 0 Å². The summed E-state index contributed by atoms with van der Waals surface area (Å²) in [6.07, 6.45) is 2.37. The van der Waals surface area contributed by atoms with Crippen molar-refractivity contribution in [2.24, 2.45) is 0 Å². The first-order valence-corrected chi connectivity index (χ1v) is 7.53. The van der Waals surface area contributed by atoms with Gasteiger partial charge in [0.2, 0.25) is 0 Å². The fourth-order valence-corrected chi connectivity index (χ4v) is 3.27. The van der Waals surface area contributed by atoms with Crippen molar-refractivity contribution in [3.63, 3.8) is 0 Å². The Balaban J connectivity index is 1.71. The van der Waals surface area contributed by atoms with Crippen LogP contribution in [0.3, 0.4) is 0 Å². The lowest BCUT2D eigenvalue weighted by molar-refractivity contribution is 0.156. The van der Waals surface area contributed by atoms with E-state index in [2.05, 4.69) is 28.8 Å². The predicted octanol–water partition coefficient (Wildman–Crippen LogP) is 3.26. The maximum Gasteiger partial charge on any atom is 0.110 e. The van der Waals surface area contributed by atoms with Crippen molar-refractivity contribution < 1.29 is 5.11 Å². The Labute approximate surface area is 123 Å². The van der Waals surface area contributed by atoms with E-state index in [1.807, 2.05) is 24.3 Å². The number of hydrogen-bond donors (Lipinski definition) is 1. The zero-order valence-electron chi connectivity index (χ0n) is 11.9. The van der Waals surface area contributed by atoms with Crippen LogP contribution in [0.1, 0.15) is 29.5 Å². The molecule has 0 saturated heterocycles. The molecule has 1 N–H and O–H groups in total. The van der Waals surface area contributed by atoms with E-state index in [-0.39, 0.29) is 6.10 Å². The molecular weight excluding hydrogens is 260 g/mol. The van der Waals surface area contributed by atoms with E-state index < -0.39 is 0 Å². The molecule has 1 unspecified atom stereocenters. The Kier molecular flexibility index (Phi) is 3.00. The summed E-state index contributed by atoms with van der Waals surface area (Å²) in [6.45, 7) is 0.860. The number of aliphatic hydroxyl groups is 1. The molecule has 0 bridgehead atoms. The van der Waals surface area contributed by atoms with Crippen molar-refractivity contribution in [1.29, 1.82) is 0 Å². The number of benzene rings is 2. The van der Waals surface area contributed by atoms with E-state index in [0.717, 1.165) is 48.2 Å². The lowest BCUT2D eigenvalue weighted by Gasteiger charge is -2.21. The zero-order chi connectivity index (χ0) is 14.2. The molecule has 0 radical (unpaired) electrons. The first-order chi connectivity index (χ1) is 10.3. The van der Waals surface area contributed by atoms with Crippen LogP contribution < -0.4 is 0 Å². The molecule has 0 spiro atoms. The van der Waals surface area contributed by atoms with Crippen LogP contribution in [0.5, 0.6) is 0 Å². The molecule has 106 valence electrons. The van der Waals surface area contributed by atoms with E-state index in [4.69, 9.17) is 4.98 Å². The number of imidazole rings is 1. The Hall–Kier alpha value is -2.13. The van der Waals surface area contributed by atoms with Crippen LogP contribution in [-0.2, 0) is 19.4 Å². The van der Waals surface area contributed by atoms with Crippen LogP contribution in [0.25, 0.3) is 11.0 Å². The summed E-state index contributed by atoms with van der Waals surface area (Å²) < 4.78 is 2.29. The van der Waals surface area contributed by atoms with Gasteiger partial charge >= 0.3 is 0 Å². The molecule has 21 heavy (non-hydrogen) atoms. The van der Waals surface area contributed by atoms with Crippen molar-refractivity contribution in [1.82, 2.24) is 9.55 Å². The van der Waals surface area contributed by atoms with Crippen LogP contribution in [0, 0.1) is 0 Å². The first kappa shape index (κ1) is 12.6. The highest BCUT2D eigenvalue weighted by molar-refractivity contribution is 5.80. The monoisotopic (exact) mass is 278 g/mol. The number of hydrogen-bond acceptors (Lipinski definition) is 2. The number of aliphatic hydroxyl groups excluding tert-OH is 1. The number of nitrogens with zero attached hydrogens (tertiary/aromatic N) is 2. The third-order valence-electron chi connectivity index (χ3n) is 4.34. The fraction of sp³-hybridized carbons (Fsp3) is 0.278. The van der Waals surface area contributed by atoms with Crippen molar-refractivity contribution in [3.8, 4) is 0 Å². The summed E-state index contributed by atoms with van der Waals surface area (Å²) in [5.74, 6) is 1.13. The molecule has 0 saturated carbocycles. The van der Waals surface area contributed by atoms with Crippen molar-refractivity contribution in [2.75, 3.05) is 0 Å². The number of aromatic nitrogens is 2. The van der Waals surface area contributed by atoms with Gasteiger partial charge in [-0.25, -0.2) is 4.98 Å². The van der Waals surface area contributed by atoms with Gasteiger partial charge in [0.1, 0.15) is 5.82 Å². The van der Waals surface area contributed by atoms with Crippen LogP contribution in [-0.4, -0.2) is 14.7 Å². The van der Waals surface area contributed by atoms with E-state index in [0.29, 0.717) is 0 Å². The highest BCUT2D eigenvalue weighted by Gasteiger charge is 2.22. The molecule has 1 aromatic heterocycles. The summed E-state index contributed by atoms with van der Waals surface area (Å²) >= 11 is 0. The molecular formula is C18H18N2O. The maximum absolute atomic E-state index is 10.1. The van der Waals surface area contributed by atoms with Gasteiger partial charge in [-0.15, -0.1) is 0 Å². The third-order valence-corrected chi connectivity index (χ3v) is 4.34. The Morgan fingerprint density at radius 3 is 2.76 bits per heavy atom. The molecule has 3 aromatic rings. The van der Waals surface area contributed by atoms with E-state index in [1.165, 1.54) is 5.56 Å². The second-order valence-electron chi connectivity index (χ2n) is 5.68. The van der Waals surface area contributed by atoms with E-state index in [9.17, 15) is 5.11 Å². The SMILES string of the molecule is OC1CCn2c(CCc3ccccc3)nc3cccc1c32. The standard InChI is InChI=1S/C18H18N2O/c21-16-11-12-20-17(10-9-13-5-2-1-3-6-13)19-15-8-4-7-14(16)18(15)20/h1-8,16,21H,9-12H2. The summed E-state index contributed by atoms with van der Waals surface area (Å²) in [6, 6.07) is 16.6. The Bertz CT molecular complexity index is 777. The smallest absolute Gasteiger partial charge is 0.110 e. The van der Waals surface area contributed by atoms with Gasteiger partial charge in [0, 0.05) is 18.5 Å². The first-order valence-electron chi connectivity index (χ1n) is 7.53. The molecule has 3 nitrogen and oxygen atoms in total. The molecule has 2 aromatic carbocycles. The number of aryl methyl sites for hydroxylation is 3. The van der Waals surface area contributed by atoms with Gasteiger partial charge < -0.3 is 9.67 Å². The number of rotatable bonds is 3. The largest absolute Gasteiger partial charge is 0.388 e. The maximum atomic E-state index is 10.1. The average Bonchev–Trinajstić information content (AvgIpc) is 2.89. The van der Waals surface area contributed by atoms with Crippen LogP contribution >= 0.6 is 0 Å². The summed E-state index contributed by atoms with van der Waals surface area (Å²) in [5.41, 5.74) is 4.50. The van der Waals surface area contributed by atoms with Crippen LogP contribution in [0.4, 0.5) is 0 Å². The molecule has 1 aliphatic heterocycles. The minimum atomic E-state index is -0.347. The summed E-state index contributed by atoms with van der Waals surface area (Å²) in [4.78, 5) is 4.79. The third kappa shape index (κ3) is 2.14. The summed E-state index contributed by atoms with van der Waals surface area (Å²) in [7, 11) is 0. The lowest BCUT2D eigenvalue weighted by Crippen LogP contribution is -2.15. The summed E-state index contributed by atoms with van der Waals surface area (Å²) in [5, 5.41) is 10.1. The van der Waals surface area contributed by atoms with Crippen molar-refractivity contribution >= 4 is 11.0 Å².